The highest BCUT2D eigenvalue weighted by molar-refractivity contribution is 5.75. The van der Waals surface area contributed by atoms with Crippen molar-refractivity contribution in [3.63, 3.8) is 0 Å². The molecule has 3 heteroatoms. The Morgan fingerprint density at radius 2 is 2.12 bits per heavy atom. The SMILES string of the molecule is Cc1ccc(N)c(CC(=O)OC2CCCC2)c1. The van der Waals surface area contributed by atoms with Gasteiger partial charge in [-0.25, -0.2) is 0 Å². The van der Waals surface area contributed by atoms with Crippen LogP contribution in [0.15, 0.2) is 18.2 Å². The van der Waals surface area contributed by atoms with Crippen LogP contribution in [0.4, 0.5) is 5.69 Å². The van der Waals surface area contributed by atoms with Crippen molar-refractivity contribution in [2.45, 2.75) is 45.1 Å². The number of benzene rings is 1. The molecule has 0 atom stereocenters. The molecule has 2 N–H and O–H groups in total. The second-order valence-corrected chi connectivity index (χ2v) is 4.78. The van der Waals surface area contributed by atoms with Gasteiger partial charge < -0.3 is 10.5 Å². The third-order valence-electron chi connectivity index (χ3n) is 3.23. The number of nitrogens with two attached hydrogens (primary N) is 1. The molecule has 0 spiro atoms. The first kappa shape index (κ1) is 12.0. The number of hydrogen-bond acceptors (Lipinski definition) is 3. The highest BCUT2D eigenvalue weighted by atomic mass is 16.5. The average Bonchev–Trinajstić information content (AvgIpc) is 2.76. The van der Waals surface area contributed by atoms with Crippen molar-refractivity contribution in [2.75, 3.05) is 5.73 Å². The lowest BCUT2D eigenvalue weighted by atomic mass is 10.1. The first-order chi connectivity index (χ1) is 8.15. The molecular formula is C14H19NO2. The minimum atomic E-state index is -0.158. The van der Waals surface area contributed by atoms with Gasteiger partial charge in [0.2, 0.25) is 0 Å². The van der Waals surface area contributed by atoms with Gasteiger partial charge >= 0.3 is 5.97 Å². The molecule has 0 radical (unpaired) electrons. The smallest absolute Gasteiger partial charge is 0.310 e. The van der Waals surface area contributed by atoms with Crippen molar-refractivity contribution in [1.82, 2.24) is 0 Å². The van der Waals surface area contributed by atoms with Gasteiger partial charge in [0, 0.05) is 5.69 Å². The molecule has 0 amide bonds. The first-order valence-corrected chi connectivity index (χ1v) is 6.19. The van der Waals surface area contributed by atoms with E-state index in [0.717, 1.165) is 24.0 Å². The maximum absolute atomic E-state index is 11.8. The summed E-state index contributed by atoms with van der Waals surface area (Å²) in [5.41, 5.74) is 8.49. The minimum absolute atomic E-state index is 0.133. The number of ether oxygens (including phenoxy) is 1. The van der Waals surface area contributed by atoms with Crippen LogP contribution in [0, 0.1) is 6.92 Å². The number of aryl methyl sites for hydroxylation is 1. The van der Waals surface area contributed by atoms with Gasteiger partial charge in [-0.1, -0.05) is 17.7 Å². The molecule has 1 fully saturated rings. The Bertz CT molecular complexity index is 409. The molecule has 0 unspecified atom stereocenters. The Kier molecular flexibility index (Phi) is 3.67. The van der Waals surface area contributed by atoms with Crippen molar-refractivity contribution in [2.24, 2.45) is 0 Å². The fraction of sp³-hybridized carbons (Fsp3) is 0.500. The predicted molar refractivity (Wildman–Crippen MR) is 67.6 cm³/mol. The zero-order valence-electron chi connectivity index (χ0n) is 10.2. The Morgan fingerprint density at radius 1 is 1.41 bits per heavy atom. The van der Waals surface area contributed by atoms with E-state index in [1.165, 1.54) is 12.8 Å². The van der Waals surface area contributed by atoms with Gasteiger partial charge in [0.25, 0.3) is 0 Å². The van der Waals surface area contributed by atoms with E-state index in [0.29, 0.717) is 5.69 Å². The number of rotatable bonds is 3. The Hall–Kier alpha value is -1.51. The Labute approximate surface area is 102 Å². The second-order valence-electron chi connectivity index (χ2n) is 4.78. The maximum Gasteiger partial charge on any atom is 0.310 e. The summed E-state index contributed by atoms with van der Waals surface area (Å²) in [5, 5.41) is 0. The molecular weight excluding hydrogens is 214 g/mol. The lowest BCUT2D eigenvalue weighted by Gasteiger charge is -2.12. The van der Waals surface area contributed by atoms with Crippen LogP contribution in [-0.2, 0) is 16.0 Å². The van der Waals surface area contributed by atoms with E-state index in [4.69, 9.17) is 10.5 Å². The normalized spacial score (nSPS) is 16.1. The van der Waals surface area contributed by atoms with Crippen molar-refractivity contribution in [3.8, 4) is 0 Å². The van der Waals surface area contributed by atoms with Crippen LogP contribution >= 0.6 is 0 Å². The minimum Gasteiger partial charge on any atom is -0.462 e. The summed E-state index contributed by atoms with van der Waals surface area (Å²) in [6.45, 7) is 1.99. The first-order valence-electron chi connectivity index (χ1n) is 6.19. The lowest BCUT2D eigenvalue weighted by Crippen LogP contribution is -2.17. The van der Waals surface area contributed by atoms with E-state index in [2.05, 4.69) is 0 Å². The van der Waals surface area contributed by atoms with Crippen LogP contribution in [0.5, 0.6) is 0 Å². The maximum atomic E-state index is 11.8. The average molecular weight is 233 g/mol. The van der Waals surface area contributed by atoms with Crippen LogP contribution in [0.1, 0.15) is 36.8 Å². The number of anilines is 1. The molecule has 2 rings (SSSR count). The fourth-order valence-corrected chi connectivity index (χ4v) is 2.28. The molecule has 1 aromatic carbocycles. The third kappa shape index (κ3) is 3.22. The van der Waals surface area contributed by atoms with Gasteiger partial charge in [-0.05, 0) is 44.2 Å². The van der Waals surface area contributed by atoms with Gasteiger partial charge in [-0.2, -0.15) is 0 Å². The molecule has 3 nitrogen and oxygen atoms in total. The van der Waals surface area contributed by atoms with Crippen LogP contribution in [-0.4, -0.2) is 12.1 Å². The summed E-state index contributed by atoms with van der Waals surface area (Å²) in [5.74, 6) is -0.158. The van der Waals surface area contributed by atoms with Gasteiger partial charge in [0.05, 0.1) is 6.42 Å². The molecule has 1 saturated carbocycles. The molecule has 17 heavy (non-hydrogen) atoms. The van der Waals surface area contributed by atoms with Crippen LogP contribution in [0.2, 0.25) is 0 Å². The molecule has 1 aromatic rings. The van der Waals surface area contributed by atoms with Crippen molar-refractivity contribution in [3.05, 3.63) is 29.3 Å². The third-order valence-corrected chi connectivity index (χ3v) is 3.23. The summed E-state index contributed by atoms with van der Waals surface area (Å²) >= 11 is 0. The van der Waals surface area contributed by atoms with Crippen LogP contribution in [0.3, 0.4) is 0 Å². The summed E-state index contributed by atoms with van der Waals surface area (Å²) in [7, 11) is 0. The fourth-order valence-electron chi connectivity index (χ4n) is 2.28. The highest BCUT2D eigenvalue weighted by Crippen LogP contribution is 2.22. The Balaban J connectivity index is 1.95. The number of hydrogen-bond donors (Lipinski definition) is 1. The van der Waals surface area contributed by atoms with E-state index in [-0.39, 0.29) is 18.5 Å². The molecule has 1 aliphatic carbocycles. The number of nitrogen functional groups attached to an aromatic ring is 1. The number of carbonyl (C=O) groups excluding carboxylic acids is 1. The molecule has 0 bridgehead atoms. The molecule has 0 saturated heterocycles. The summed E-state index contributed by atoms with van der Waals surface area (Å²) in [6.07, 6.45) is 4.77. The van der Waals surface area contributed by atoms with E-state index in [1.54, 1.807) is 0 Å². The number of esters is 1. The van der Waals surface area contributed by atoms with Gasteiger partial charge in [-0.3, -0.25) is 4.79 Å². The van der Waals surface area contributed by atoms with Crippen LogP contribution in [0.25, 0.3) is 0 Å². The lowest BCUT2D eigenvalue weighted by molar-refractivity contribution is -0.147. The monoisotopic (exact) mass is 233 g/mol. The largest absolute Gasteiger partial charge is 0.462 e. The highest BCUT2D eigenvalue weighted by Gasteiger charge is 2.19. The van der Waals surface area contributed by atoms with E-state index in [1.807, 2.05) is 25.1 Å². The molecule has 1 aliphatic rings. The predicted octanol–water partition coefficient (Wildman–Crippen LogP) is 2.61. The molecule has 0 aromatic heterocycles. The summed E-state index contributed by atoms with van der Waals surface area (Å²) in [4.78, 5) is 11.8. The van der Waals surface area contributed by atoms with E-state index in [9.17, 15) is 4.79 Å². The van der Waals surface area contributed by atoms with Gasteiger partial charge in [0.15, 0.2) is 0 Å². The molecule has 0 heterocycles. The summed E-state index contributed by atoms with van der Waals surface area (Å²) < 4.78 is 5.42. The topological polar surface area (TPSA) is 52.3 Å². The van der Waals surface area contributed by atoms with Crippen molar-refractivity contribution < 1.29 is 9.53 Å². The summed E-state index contributed by atoms with van der Waals surface area (Å²) in [6, 6.07) is 5.74. The molecule has 92 valence electrons. The van der Waals surface area contributed by atoms with E-state index < -0.39 is 0 Å². The van der Waals surface area contributed by atoms with Gasteiger partial charge in [-0.15, -0.1) is 0 Å². The van der Waals surface area contributed by atoms with Crippen molar-refractivity contribution in [1.29, 1.82) is 0 Å². The zero-order chi connectivity index (χ0) is 12.3. The van der Waals surface area contributed by atoms with Gasteiger partial charge in [0.1, 0.15) is 6.10 Å². The quantitative estimate of drug-likeness (QED) is 0.645. The second kappa shape index (κ2) is 5.21. The molecule has 0 aliphatic heterocycles. The number of carbonyl (C=O) groups is 1. The Morgan fingerprint density at radius 3 is 2.82 bits per heavy atom. The standard InChI is InChI=1S/C14H19NO2/c1-10-6-7-13(15)11(8-10)9-14(16)17-12-4-2-3-5-12/h6-8,12H,2-5,9,15H2,1H3. The zero-order valence-corrected chi connectivity index (χ0v) is 10.2. The van der Waals surface area contributed by atoms with Crippen molar-refractivity contribution >= 4 is 11.7 Å². The van der Waals surface area contributed by atoms with Crippen LogP contribution < -0.4 is 5.73 Å². The van der Waals surface area contributed by atoms with E-state index >= 15 is 0 Å².